The Kier molecular flexibility index (Phi) is 3.24. The monoisotopic (exact) mass is 328 g/mol. The fourth-order valence-electron chi connectivity index (χ4n) is 4.69. The van der Waals surface area contributed by atoms with Crippen LogP contribution in [0, 0.1) is 11.8 Å². The highest BCUT2D eigenvalue weighted by Crippen LogP contribution is 2.54. The molecule has 0 heterocycles. The van der Waals surface area contributed by atoms with Gasteiger partial charge in [0.1, 0.15) is 17.5 Å². The first-order valence-electron chi connectivity index (χ1n) is 8.36. The summed E-state index contributed by atoms with van der Waals surface area (Å²) in [6.45, 7) is 2.01. The molecule has 5 nitrogen and oxygen atoms in total. The summed E-state index contributed by atoms with van der Waals surface area (Å²) in [7, 11) is 0. The van der Waals surface area contributed by atoms with Crippen molar-refractivity contribution >= 4 is 11.6 Å². The molecule has 3 aliphatic rings. The normalized spacial score (nSPS) is 35.4. The fraction of sp³-hybridized carbons (Fsp3) is 0.474. The largest absolute Gasteiger partial charge is 0.508 e. The van der Waals surface area contributed by atoms with Gasteiger partial charge in [0.2, 0.25) is 0 Å². The van der Waals surface area contributed by atoms with E-state index in [0.29, 0.717) is 18.4 Å². The lowest BCUT2D eigenvalue weighted by Crippen LogP contribution is -2.55. The summed E-state index contributed by atoms with van der Waals surface area (Å²) in [5, 5.41) is 32.0. The van der Waals surface area contributed by atoms with E-state index in [1.807, 2.05) is 6.92 Å². The molecular formula is C19H20O5. The zero-order valence-corrected chi connectivity index (χ0v) is 13.5. The second kappa shape index (κ2) is 5.01. The maximum atomic E-state index is 13.1. The number of hydrogen-bond donors (Lipinski definition) is 3. The van der Waals surface area contributed by atoms with Crippen LogP contribution in [0.3, 0.4) is 0 Å². The highest BCUT2D eigenvalue weighted by atomic mass is 16.3. The maximum absolute atomic E-state index is 13.1. The van der Waals surface area contributed by atoms with Crippen LogP contribution in [0.25, 0.3) is 0 Å². The summed E-state index contributed by atoms with van der Waals surface area (Å²) >= 11 is 0. The number of carbonyl (C=O) groups excluding carboxylic acids is 2. The van der Waals surface area contributed by atoms with Crippen LogP contribution in [0.1, 0.15) is 54.6 Å². The Morgan fingerprint density at radius 2 is 1.96 bits per heavy atom. The Morgan fingerprint density at radius 1 is 1.21 bits per heavy atom. The Hall–Kier alpha value is -1.98. The van der Waals surface area contributed by atoms with Gasteiger partial charge in [0.05, 0.1) is 5.92 Å². The molecule has 126 valence electrons. The fourth-order valence-corrected chi connectivity index (χ4v) is 4.69. The van der Waals surface area contributed by atoms with Crippen molar-refractivity contribution in [2.24, 2.45) is 11.8 Å². The minimum atomic E-state index is -1.74. The molecule has 1 aromatic carbocycles. The molecule has 3 N–H and O–H groups in total. The molecule has 0 aliphatic heterocycles. The van der Waals surface area contributed by atoms with Gasteiger partial charge >= 0.3 is 0 Å². The lowest BCUT2D eigenvalue weighted by Gasteiger charge is -2.48. The van der Waals surface area contributed by atoms with E-state index in [1.165, 1.54) is 18.2 Å². The van der Waals surface area contributed by atoms with Gasteiger partial charge in [-0.3, -0.25) is 9.59 Å². The molecule has 0 saturated heterocycles. The van der Waals surface area contributed by atoms with Crippen LogP contribution >= 0.6 is 0 Å². The van der Waals surface area contributed by atoms with Gasteiger partial charge in [0, 0.05) is 23.1 Å². The van der Waals surface area contributed by atoms with Crippen molar-refractivity contribution in [3.8, 4) is 5.75 Å². The Labute approximate surface area is 139 Å². The number of phenolic OH excluding ortho intramolecular Hbond substituents is 1. The molecule has 3 aliphatic carbocycles. The number of fused-ring (bicyclic) bond motifs is 3. The first-order valence-corrected chi connectivity index (χ1v) is 8.36. The van der Waals surface area contributed by atoms with E-state index in [-0.39, 0.29) is 40.8 Å². The van der Waals surface area contributed by atoms with E-state index < -0.39 is 17.6 Å². The Bertz CT molecular complexity index is 793. The van der Waals surface area contributed by atoms with Crippen LogP contribution in [-0.2, 0) is 4.79 Å². The van der Waals surface area contributed by atoms with Gasteiger partial charge in [-0.05, 0) is 31.2 Å². The molecule has 0 radical (unpaired) electrons. The van der Waals surface area contributed by atoms with Crippen LogP contribution in [0.5, 0.6) is 5.75 Å². The summed E-state index contributed by atoms with van der Waals surface area (Å²) in [4.78, 5) is 25.7. The van der Waals surface area contributed by atoms with Crippen LogP contribution in [0.4, 0.5) is 0 Å². The van der Waals surface area contributed by atoms with Crippen molar-refractivity contribution in [2.45, 2.75) is 44.3 Å². The Morgan fingerprint density at radius 3 is 2.71 bits per heavy atom. The lowest BCUT2D eigenvalue weighted by atomic mass is 9.58. The minimum Gasteiger partial charge on any atom is -0.508 e. The maximum Gasteiger partial charge on any atom is 0.173 e. The summed E-state index contributed by atoms with van der Waals surface area (Å²) in [5.74, 6) is -1.49. The predicted octanol–water partition coefficient (Wildman–Crippen LogP) is 2.06. The molecular weight excluding hydrogens is 308 g/mol. The summed E-state index contributed by atoms with van der Waals surface area (Å²) in [6, 6.07) is 4.46. The average Bonchev–Trinajstić information content (AvgIpc) is 2.53. The molecule has 0 aromatic heterocycles. The smallest absolute Gasteiger partial charge is 0.173 e. The summed E-state index contributed by atoms with van der Waals surface area (Å²) in [6.07, 6.45) is 0.423. The molecule has 24 heavy (non-hydrogen) atoms. The van der Waals surface area contributed by atoms with E-state index in [2.05, 4.69) is 0 Å². The number of aliphatic hydroxyl groups is 2. The van der Waals surface area contributed by atoms with Gasteiger partial charge in [0.15, 0.2) is 11.6 Å². The van der Waals surface area contributed by atoms with Crippen LogP contribution in [0.2, 0.25) is 0 Å². The van der Waals surface area contributed by atoms with Crippen molar-refractivity contribution in [3.05, 3.63) is 40.5 Å². The van der Waals surface area contributed by atoms with Gasteiger partial charge in [-0.25, -0.2) is 0 Å². The molecule has 0 saturated carbocycles. The number of benzene rings is 1. The topological polar surface area (TPSA) is 94.8 Å². The van der Waals surface area contributed by atoms with E-state index in [9.17, 15) is 24.9 Å². The second-order valence-corrected chi connectivity index (χ2v) is 7.38. The highest BCUT2D eigenvalue weighted by molar-refractivity contribution is 6.11. The van der Waals surface area contributed by atoms with Crippen LogP contribution in [0.15, 0.2) is 29.3 Å². The second-order valence-electron chi connectivity index (χ2n) is 7.38. The molecule has 1 aromatic rings. The SMILES string of the molecule is C[C@H]1CC(=O)C2=C(CC[C@]3(O)[C@@H]2C(=O)c2cccc(O)c2[C@@H]3O)C1. The average molecular weight is 328 g/mol. The van der Waals surface area contributed by atoms with E-state index in [1.54, 1.807) is 0 Å². The number of aliphatic hydroxyl groups excluding tert-OH is 1. The third kappa shape index (κ3) is 1.88. The molecule has 0 unspecified atom stereocenters. The first-order chi connectivity index (χ1) is 11.3. The summed E-state index contributed by atoms with van der Waals surface area (Å²) in [5.41, 5.74) is -0.130. The molecule has 4 rings (SSSR count). The number of carbonyl (C=O) groups is 2. The van der Waals surface area contributed by atoms with E-state index in [4.69, 9.17) is 0 Å². The van der Waals surface area contributed by atoms with Crippen LogP contribution in [-0.4, -0.2) is 32.5 Å². The Balaban J connectivity index is 1.94. The van der Waals surface area contributed by atoms with Gasteiger partial charge in [-0.2, -0.15) is 0 Å². The number of rotatable bonds is 0. The van der Waals surface area contributed by atoms with Crippen LogP contribution < -0.4 is 0 Å². The number of hydrogen-bond acceptors (Lipinski definition) is 5. The number of ketones is 2. The number of aromatic hydroxyl groups is 1. The van der Waals surface area contributed by atoms with Crippen molar-refractivity contribution in [1.29, 1.82) is 0 Å². The molecule has 0 bridgehead atoms. The van der Waals surface area contributed by atoms with Crippen molar-refractivity contribution in [1.82, 2.24) is 0 Å². The summed E-state index contributed by atoms with van der Waals surface area (Å²) < 4.78 is 0. The van der Waals surface area contributed by atoms with Crippen molar-refractivity contribution in [2.75, 3.05) is 0 Å². The van der Waals surface area contributed by atoms with Gasteiger partial charge in [-0.15, -0.1) is 0 Å². The molecule has 0 spiro atoms. The number of Topliss-reactive ketones (excluding diaryl/α,β-unsaturated/α-hetero) is 2. The van der Waals surface area contributed by atoms with Gasteiger partial charge in [0.25, 0.3) is 0 Å². The standard InChI is InChI=1S/C19H20O5/c1-9-7-10-5-6-19(24)16(14(10)13(21)8-9)17(22)11-3-2-4-12(20)15(11)18(19)23/h2-4,9,16,18,20,23-24H,5-8H2,1H3/t9-,16+,18+,19+/m1/s1. The number of phenols is 1. The molecule has 5 heteroatoms. The first kappa shape index (κ1) is 15.5. The molecule has 0 fully saturated rings. The minimum absolute atomic E-state index is 0.0712. The van der Waals surface area contributed by atoms with Crippen molar-refractivity contribution in [3.63, 3.8) is 0 Å². The molecule has 0 amide bonds. The quantitative estimate of drug-likeness (QED) is 0.677. The van der Waals surface area contributed by atoms with Gasteiger partial charge in [-0.1, -0.05) is 24.6 Å². The third-order valence-electron chi connectivity index (χ3n) is 5.78. The predicted molar refractivity (Wildman–Crippen MR) is 85.5 cm³/mol. The van der Waals surface area contributed by atoms with Crippen molar-refractivity contribution < 1.29 is 24.9 Å². The zero-order chi connectivity index (χ0) is 17.2. The number of allylic oxidation sites excluding steroid dienone is 1. The highest BCUT2D eigenvalue weighted by Gasteiger charge is 2.58. The van der Waals surface area contributed by atoms with E-state index >= 15 is 0 Å². The molecule has 4 atom stereocenters. The zero-order valence-electron chi connectivity index (χ0n) is 13.5. The van der Waals surface area contributed by atoms with E-state index in [0.717, 1.165) is 12.0 Å². The lowest BCUT2D eigenvalue weighted by molar-refractivity contribution is -0.128. The van der Waals surface area contributed by atoms with Gasteiger partial charge < -0.3 is 15.3 Å². The third-order valence-corrected chi connectivity index (χ3v) is 5.78.